The molecule has 9 aromatic carbocycles. The third kappa shape index (κ3) is 4.80. The topological polar surface area (TPSA) is 29.5 Å². The molecular formula is C55H37NO2. The Bertz CT molecular complexity index is 3440. The van der Waals surface area contributed by atoms with Gasteiger partial charge in [-0.1, -0.05) is 153 Å². The third-order valence-electron chi connectivity index (χ3n) is 12.4. The van der Waals surface area contributed by atoms with E-state index in [1.54, 1.807) is 0 Å². The van der Waals surface area contributed by atoms with Crippen LogP contribution < -0.4 is 4.90 Å². The Balaban J connectivity index is 1.15. The van der Waals surface area contributed by atoms with Crippen molar-refractivity contribution in [1.29, 1.82) is 0 Å². The van der Waals surface area contributed by atoms with Crippen molar-refractivity contribution in [3.8, 4) is 33.4 Å². The molecule has 3 heteroatoms. The minimum Gasteiger partial charge on any atom is -0.456 e. The van der Waals surface area contributed by atoms with Crippen molar-refractivity contribution in [3.05, 3.63) is 199 Å². The molecule has 12 rings (SSSR count). The molecule has 0 atom stereocenters. The fraction of sp³-hybridized carbons (Fsp3) is 0.0545. The molecule has 0 spiro atoms. The predicted octanol–water partition coefficient (Wildman–Crippen LogP) is 15.7. The number of hydrogen-bond donors (Lipinski definition) is 0. The Morgan fingerprint density at radius 2 is 1.14 bits per heavy atom. The molecule has 0 saturated heterocycles. The van der Waals surface area contributed by atoms with E-state index in [2.05, 4.69) is 201 Å². The van der Waals surface area contributed by atoms with E-state index >= 15 is 0 Å². The van der Waals surface area contributed by atoms with Crippen LogP contribution in [0.3, 0.4) is 0 Å². The summed E-state index contributed by atoms with van der Waals surface area (Å²) in [5.74, 6) is 0. The molecule has 0 bridgehead atoms. The summed E-state index contributed by atoms with van der Waals surface area (Å²) in [5.41, 5.74) is 16.1. The Labute approximate surface area is 336 Å². The van der Waals surface area contributed by atoms with Gasteiger partial charge >= 0.3 is 0 Å². The zero-order valence-electron chi connectivity index (χ0n) is 32.2. The average Bonchev–Trinajstić information content (AvgIpc) is 3.91. The summed E-state index contributed by atoms with van der Waals surface area (Å²) < 4.78 is 14.0. The van der Waals surface area contributed by atoms with Crippen LogP contribution in [0.2, 0.25) is 0 Å². The van der Waals surface area contributed by atoms with Gasteiger partial charge in [-0.2, -0.15) is 0 Å². The summed E-state index contributed by atoms with van der Waals surface area (Å²) >= 11 is 0. The molecule has 1 aliphatic carbocycles. The molecule has 274 valence electrons. The van der Waals surface area contributed by atoms with Crippen LogP contribution in [-0.4, -0.2) is 0 Å². The van der Waals surface area contributed by atoms with E-state index in [0.29, 0.717) is 0 Å². The zero-order valence-corrected chi connectivity index (χ0v) is 32.2. The van der Waals surface area contributed by atoms with Crippen molar-refractivity contribution in [1.82, 2.24) is 0 Å². The lowest BCUT2D eigenvalue weighted by Gasteiger charge is -2.28. The van der Waals surface area contributed by atoms with E-state index in [-0.39, 0.29) is 5.41 Å². The van der Waals surface area contributed by atoms with Gasteiger partial charge in [0, 0.05) is 43.9 Å². The standard InChI is InChI=1S/C55H37NO2/c1-55(2)46-23-10-8-20-41(46)42-29-28-40(32-47(42)55)56(39-19-12-18-37(31-39)34-14-4-3-5-15-34)48-24-13-22-43-45-33-50-52(44-21-9-11-25-49(44)57-50)51(54(45)58-53(43)48)38-27-26-35-16-6-7-17-36(35)30-38/h3-33H,1-2H3. The first-order valence-electron chi connectivity index (χ1n) is 20.0. The van der Waals surface area contributed by atoms with Crippen LogP contribution in [0, 0.1) is 0 Å². The van der Waals surface area contributed by atoms with Gasteiger partial charge in [0.05, 0.1) is 5.69 Å². The summed E-state index contributed by atoms with van der Waals surface area (Å²) in [7, 11) is 0. The lowest BCUT2D eigenvalue weighted by Crippen LogP contribution is -2.16. The number of furan rings is 2. The minimum atomic E-state index is -0.156. The highest BCUT2D eigenvalue weighted by molar-refractivity contribution is 6.24. The molecule has 2 aromatic heterocycles. The summed E-state index contributed by atoms with van der Waals surface area (Å²) in [6, 6.07) is 67.6. The molecule has 0 fully saturated rings. The lowest BCUT2D eigenvalue weighted by atomic mass is 9.82. The maximum Gasteiger partial charge on any atom is 0.159 e. The first kappa shape index (κ1) is 32.8. The van der Waals surface area contributed by atoms with Gasteiger partial charge in [-0.3, -0.25) is 0 Å². The smallest absolute Gasteiger partial charge is 0.159 e. The molecule has 11 aromatic rings. The molecule has 3 nitrogen and oxygen atoms in total. The van der Waals surface area contributed by atoms with Gasteiger partial charge in [0.2, 0.25) is 0 Å². The minimum absolute atomic E-state index is 0.156. The number of anilines is 3. The van der Waals surface area contributed by atoms with Gasteiger partial charge < -0.3 is 13.7 Å². The van der Waals surface area contributed by atoms with Gasteiger partial charge in [0.1, 0.15) is 16.7 Å². The van der Waals surface area contributed by atoms with Crippen LogP contribution in [0.4, 0.5) is 17.1 Å². The van der Waals surface area contributed by atoms with E-state index in [9.17, 15) is 0 Å². The van der Waals surface area contributed by atoms with Gasteiger partial charge in [-0.15, -0.1) is 0 Å². The van der Waals surface area contributed by atoms with E-state index < -0.39 is 0 Å². The zero-order chi connectivity index (χ0) is 38.5. The second kappa shape index (κ2) is 12.3. The van der Waals surface area contributed by atoms with Gasteiger partial charge in [0.25, 0.3) is 0 Å². The molecular weight excluding hydrogens is 707 g/mol. The van der Waals surface area contributed by atoms with Gasteiger partial charge in [-0.25, -0.2) is 0 Å². The van der Waals surface area contributed by atoms with Crippen LogP contribution in [0.5, 0.6) is 0 Å². The third-order valence-corrected chi connectivity index (χ3v) is 12.4. The number of rotatable bonds is 5. The molecule has 0 N–H and O–H groups in total. The predicted molar refractivity (Wildman–Crippen MR) is 242 cm³/mol. The Hall–Kier alpha value is -7.36. The molecule has 0 amide bonds. The largest absolute Gasteiger partial charge is 0.456 e. The normalized spacial score (nSPS) is 13.1. The summed E-state index contributed by atoms with van der Waals surface area (Å²) in [6.07, 6.45) is 0. The van der Waals surface area contributed by atoms with Crippen LogP contribution in [0.15, 0.2) is 197 Å². The molecule has 0 aliphatic heterocycles. The second-order valence-electron chi connectivity index (χ2n) is 16.1. The van der Waals surface area contributed by atoms with Crippen LogP contribution >= 0.6 is 0 Å². The van der Waals surface area contributed by atoms with Crippen molar-refractivity contribution < 1.29 is 8.83 Å². The van der Waals surface area contributed by atoms with Crippen LogP contribution in [0.25, 0.3) is 88.0 Å². The quantitative estimate of drug-likeness (QED) is 0.176. The maximum absolute atomic E-state index is 7.35. The van der Waals surface area contributed by atoms with E-state index in [0.717, 1.165) is 77.6 Å². The molecule has 0 unspecified atom stereocenters. The maximum atomic E-state index is 7.35. The number of fused-ring (bicyclic) bond motifs is 10. The van der Waals surface area contributed by atoms with Crippen molar-refractivity contribution in [2.45, 2.75) is 19.3 Å². The Morgan fingerprint density at radius 3 is 2.05 bits per heavy atom. The highest BCUT2D eigenvalue weighted by Gasteiger charge is 2.36. The molecule has 0 saturated carbocycles. The highest BCUT2D eigenvalue weighted by Crippen LogP contribution is 2.52. The fourth-order valence-corrected chi connectivity index (χ4v) is 9.63. The summed E-state index contributed by atoms with van der Waals surface area (Å²) in [6.45, 7) is 4.69. The van der Waals surface area contributed by atoms with Crippen LogP contribution in [0.1, 0.15) is 25.0 Å². The number of para-hydroxylation sites is 2. The van der Waals surface area contributed by atoms with Crippen LogP contribution in [-0.2, 0) is 5.41 Å². The van der Waals surface area contributed by atoms with E-state index in [4.69, 9.17) is 8.83 Å². The monoisotopic (exact) mass is 743 g/mol. The lowest BCUT2D eigenvalue weighted by molar-refractivity contribution is 0.660. The first-order valence-corrected chi connectivity index (χ1v) is 20.0. The molecule has 58 heavy (non-hydrogen) atoms. The Kier molecular flexibility index (Phi) is 6.98. The molecule has 0 radical (unpaired) electrons. The highest BCUT2D eigenvalue weighted by atomic mass is 16.3. The average molecular weight is 744 g/mol. The Morgan fingerprint density at radius 1 is 0.414 bits per heavy atom. The fourth-order valence-electron chi connectivity index (χ4n) is 9.63. The van der Waals surface area contributed by atoms with Crippen molar-refractivity contribution in [2.75, 3.05) is 4.90 Å². The molecule has 1 aliphatic rings. The number of nitrogens with zero attached hydrogens (tertiary/aromatic N) is 1. The summed E-state index contributed by atoms with van der Waals surface area (Å²) in [4.78, 5) is 2.38. The number of benzene rings is 9. The van der Waals surface area contributed by atoms with E-state index in [1.807, 2.05) is 6.07 Å². The van der Waals surface area contributed by atoms with E-state index in [1.165, 1.54) is 38.6 Å². The van der Waals surface area contributed by atoms with Gasteiger partial charge in [0.15, 0.2) is 5.58 Å². The van der Waals surface area contributed by atoms with Crippen molar-refractivity contribution in [3.63, 3.8) is 0 Å². The first-order chi connectivity index (χ1) is 28.5. The van der Waals surface area contributed by atoms with Crippen molar-refractivity contribution >= 4 is 71.7 Å². The molecule has 2 heterocycles. The summed E-state index contributed by atoms with van der Waals surface area (Å²) in [5, 5.41) is 6.58. The van der Waals surface area contributed by atoms with Crippen molar-refractivity contribution in [2.24, 2.45) is 0 Å². The second-order valence-corrected chi connectivity index (χ2v) is 16.1. The SMILES string of the molecule is CC1(C)c2ccccc2-c2ccc(N(c3cccc(-c4ccccc4)c3)c3cccc4c3oc3c(-c5ccc6ccccc6c5)c5c(cc34)oc3ccccc35)cc21. The number of hydrogen-bond acceptors (Lipinski definition) is 3. The van der Waals surface area contributed by atoms with Gasteiger partial charge in [-0.05, 0) is 98.2 Å².